The van der Waals surface area contributed by atoms with Crippen LogP contribution < -0.4 is 16.4 Å². The van der Waals surface area contributed by atoms with Gasteiger partial charge in [-0.3, -0.25) is 19.2 Å². The zero-order chi connectivity index (χ0) is 21.2. The van der Waals surface area contributed by atoms with Crippen LogP contribution in [-0.4, -0.2) is 47.8 Å². The molecule has 9 nitrogen and oxygen atoms in total. The SMILES string of the molecule is NC(Cc1cccc(C(=O)C=Cc2ccco2)c1)C(=O)NCC(=O)NCC(=O)O. The van der Waals surface area contributed by atoms with Crippen molar-refractivity contribution in [3.8, 4) is 0 Å². The molecule has 0 radical (unpaired) electrons. The van der Waals surface area contributed by atoms with Gasteiger partial charge in [0.15, 0.2) is 5.78 Å². The van der Waals surface area contributed by atoms with E-state index in [1.807, 2.05) is 0 Å². The van der Waals surface area contributed by atoms with Crippen LogP contribution in [0.5, 0.6) is 0 Å². The van der Waals surface area contributed by atoms with Crippen LogP contribution in [0.4, 0.5) is 0 Å². The lowest BCUT2D eigenvalue weighted by atomic mass is 10.0. The standard InChI is InChI=1S/C20H21N3O6/c21-16(20(28)23-11-18(25)22-12-19(26)27)10-13-3-1-4-14(9-13)17(24)7-6-15-5-2-8-29-15/h1-9,16H,10-12,21H2,(H,22,25)(H,23,28)(H,26,27). The number of furan rings is 1. The van der Waals surface area contributed by atoms with Gasteiger partial charge in [0, 0.05) is 5.56 Å². The van der Waals surface area contributed by atoms with Crippen molar-refractivity contribution in [3.63, 3.8) is 0 Å². The molecule has 2 amide bonds. The number of benzene rings is 1. The smallest absolute Gasteiger partial charge is 0.322 e. The lowest BCUT2D eigenvalue weighted by Gasteiger charge is -2.12. The van der Waals surface area contributed by atoms with Crippen LogP contribution in [0.3, 0.4) is 0 Å². The predicted octanol–water partition coefficient (Wildman–Crippen LogP) is 0.363. The molecule has 0 aliphatic rings. The number of carboxylic acid groups (broad SMARTS) is 1. The fourth-order valence-corrected chi connectivity index (χ4v) is 2.37. The van der Waals surface area contributed by atoms with Crippen LogP contribution in [0, 0.1) is 0 Å². The van der Waals surface area contributed by atoms with Crippen LogP contribution in [0.15, 0.2) is 53.2 Å². The summed E-state index contributed by atoms with van der Waals surface area (Å²) in [4.78, 5) is 46.1. The van der Waals surface area contributed by atoms with E-state index in [-0.39, 0.29) is 18.7 Å². The summed E-state index contributed by atoms with van der Waals surface area (Å²) in [6.07, 6.45) is 4.61. The van der Waals surface area contributed by atoms with Gasteiger partial charge in [-0.25, -0.2) is 0 Å². The maximum Gasteiger partial charge on any atom is 0.322 e. The van der Waals surface area contributed by atoms with Gasteiger partial charge >= 0.3 is 5.97 Å². The zero-order valence-electron chi connectivity index (χ0n) is 15.5. The van der Waals surface area contributed by atoms with Crippen LogP contribution >= 0.6 is 0 Å². The third kappa shape index (κ3) is 7.43. The molecule has 0 spiro atoms. The topological polar surface area (TPSA) is 152 Å². The molecule has 2 aromatic rings. The number of nitrogens with two attached hydrogens (primary N) is 1. The van der Waals surface area contributed by atoms with Crippen molar-refractivity contribution < 1.29 is 28.7 Å². The molecule has 2 rings (SSSR count). The molecule has 0 fully saturated rings. The molecule has 1 heterocycles. The number of amides is 2. The van der Waals surface area contributed by atoms with Gasteiger partial charge in [-0.1, -0.05) is 18.2 Å². The van der Waals surface area contributed by atoms with E-state index in [9.17, 15) is 19.2 Å². The summed E-state index contributed by atoms with van der Waals surface area (Å²) in [5, 5.41) is 12.9. The Bertz CT molecular complexity index is 905. The summed E-state index contributed by atoms with van der Waals surface area (Å²) in [7, 11) is 0. The zero-order valence-corrected chi connectivity index (χ0v) is 15.5. The van der Waals surface area contributed by atoms with Crippen molar-refractivity contribution in [2.75, 3.05) is 13.1 Å². The lowest BCUT2D eigenvalue weighted by Crippen LogP contribution is -2.46. The van der Waals surface area contributed by atoms with Crippen molar-refractivity contribution in [1.29, 1.82) is 0 Å². The highest BCUT2D eigenvalue weighted by atomic mass is 16.4. The second-order valence-electron chi connectivity index (χ2n) is 6.11. The second-order valence-corrected chi connectivity index (χ2v) is 6.11. The highest BCUT2D eigenvalue weighted by molar-refractivity contribution is 6.06. The van der Waals surface area contributed by atoms with Gasteiger partial charge in [0.1, 0.15) is 12.3 Å². The number of carbonyl (C=O) groups excluding carboxylic acids is 3. The van der Waals surface area contributed by atoms with Gasteiger partial charge in [-0.15, -0.1) is 0 Å². The number of hydrogen-bond acceptors (Lipinski definition) is 6. The molecule has 152 valence electrons. The summed E-state index contributed by atoms with van der Waals surface area (Å²) in [6.45, 7) is -0.911. The van der Waals surface area contributed by atoms with Crippen molar-refractivity contribution in [2.24, 2.45) is 5.73 Å². The Morgan fingerprint density at radius 3 is 2.59 bits per heavy atom. The maximum absolute atomic E-state index is 12.3. The average molecular weight is 399 g/mol. The van der Waals surface area contributed by atoms with Gasteiger partial charge in [-0.2, -0.15) is 0 Å². The number of ketones is 1. The van der Waals surface area contributed by atoms with Crippen molar-refractivity contribution in [3.05, 3.63) is 65.6 Å². The van der Waals surface area contributed by atoms with Crippen LogP contribution in [0.25, 0.3) is 6.08 Å². The second kappa shape index (κ2) is 10.6. The Morgan fingerprint density at radius 1 is 1.10 bits per heavy atom. The van der Waals surface area contributed by atoms with Crippen molar-refractivity contribution >= 4 is 29.6 Å². The van der Waals surface area contributed by atoms with Gasteiger partial charge < -0.3 is 25.9 Å². The molecule has 9 heteroatoms. The number of carboxylic acids is 1. The fourth-order valence-electron chi connectivity index (χ4n) is 2.37. The predicted molar refractivity (Wildman–Crippen MR) is 104 cm³/mol. The molecule has 29 heavy (non-hydrogen) atoms. The largest absolute Gasteiger partial charge is 0.480 e. The molecule has 0 saturated heterocycles. The molecule has 1 aromatic heterocycles. The van der Waals surface area contributed by atoms with Crippen LogP contribution in [-0.2, 0) is 20.8 Å². The number of carbonyl (C=O) groups is 4. The van der Waals surface area contributed by atoms with Crippen molar-refractivity contribution in [1.82, 2.24) is 10.6 Å². The first-order valence-electron chi connectivity index (χ1n) is 8.72. The molecule has 1 atom stereocenters. The Kier molecular flexibility index (Phi) is 7.87. The first-order valence-corrected chi connectivity index (χ1v) is 8.72. The summed E-state index contributed by atoms with van der Waals surface area (Å²) >= 11 is 0. The van der Waals surface area contributed by atoms with Gasteiger partial charge in [0.2, 0.25) is 11.8 Å². The van der Waals surface area contributed by atoms with E-state index >= 15 is 0 Å². The highest BCUT2D eigenvalue weighted by Gasteiger charge is 2.16. The van der Waals surface area contributed by atoms with E-state index < -0.39 is 30.4 Å². The third-order valence-electron chi connectivity index (χ3n) is 3.81. The van der Waals surface area contributed by atoms with E-state index in [2.05, 4.69) is 10.6 Å². The summed E-state index contributed by atoms with van der Waals surface area (Å²) in [5.41, 5.74) is 6.97. The first-order chi connectivity index (χ1) is 13.8. The van der Waals surface area contributed by atoms with Crippen LogP contribution in [0.1, 0.15) is 21.7 Å². The normalized spacial score (nSPS) is 11.8. The molecule has 0 saturated carbocycles. The monoisotopic (exact) mass is 399 g/mol. The minimum Gasteiger partial charge on any atom is -0.480 e. The first kappa shape index (κ1) is 21.6. The fraction of sp³-hybridized carbons (Fsp3) is 0.200. The van der Waals surface area contributed by atoms with Crippen molar-refractivity contribution in [2.45, 2.75) is 12.5 Å². The minimum absolute atomic E-state index is 0.158. The minimum atomic E-state index is -1.19. The molecule has 0 aliphatic carbocycles. The van der Waals surface area contributed by atoms with Gasteiger partial charge in [0.05, 0.1) is 18.8 Å². The Morgan fingerprint density at radius 2 is 1.90 bits per heavy atom. The van der Waals surface area contributed by atoms with E-state index in [0.717, 1.165) is 0 Å². The molecule has 1 aromatic carbocycles. The molecular weight excluding hydrogens is 378 g/mol. The molecular formula is C20H21N3O6. The summed E-state index contributed by atoms with van der Waals surface area (Å²) < 4.78 is 5.13. The quantitative estimate of drug-likeness (QED) is 0.332. The highest BCUT2D eigenvalue weighted by Crippen LogP contribution is 2.10. The van der Waals surface area contributed by atoms with Gasteiger partial charge in [-0.05, 0) is 42.3 Å². The number of rotatable bonds is 10. The molecule has 0 aliphatic heterocycles. The molecule has 5 N–H and O–H groups in total. The number of aliphatic carboxylic acids is 1. The average Bonchev–Trinajstić information content (AvgIpc) is 3.22. The van der Waals surface area contributed by atoms with Crippen LogP contribution in [0.2, 0.25) is 0 Å². The lowest BCUT2D eigenvalue weighted by molar-refractivity contribution is -0.137. The summed E-state index contributed by atoms with van der Waals surface area (Å²) in [5.74, 6) is -2.06. The Hall–Kier alpha value is -3.72. The van der Waals surface area contributed by atoms with E-state index in [0.29, 0.717) is 16.9 Å². The number of allylic oxidation sites excluding steroid dienone is 1. The molecule has 1 unspecified atom stereocenters. The summed E-state index contributed by atoms with van der Waals surface area (Å²) in [6, 6.07) is 9.21. The van der Waals surface area contributed by atoms with E-state index in [4.69, 9.17) is 15.3 Å². The Labute approximate surface area is 166 Å². The third-order valence-corrected chi connectivity index (χ3v) is 3.81. The maximum atomic E-state index is 12.3. The Balaban J connectivity index is 1.88. The number of hydrogen-bond donors (Lipinski definition) is 4. The molecule has 0 bridgehead atoms. The van der Waals surface area contributed by atoms with E-state index in [1.165, 1.54) is 12.3 Å². The number of nitrogens with one attached hydrogen (secondary N) is 2. The van der Waals surface area contributed by atoms with E-state index in [1.54, 1.807) is 42.5 Å². The van der Waals surface area contributed by atoms with Gasteiger partial charge in [0.25, 0.3) is 0 Å².